The summed E-state index contributed by atoms with van der Waals surface area (Å²) in [6.45, 7) is 1.28. The second-order valence-corrected chi connectivity index (χ2v) is 8.57. The SMILES string of the molecule is CSCCC(NC(=O)C(CCC(N)=O)NC(=O)C(N)C(C)O)C(=O)NC(CCC(N)=O)C(=O)O. The molecular formula is C19H34N6O8S. The molecule has 0 aromatic heterocycles. The molecular weight excluding hydrogens is 472 g/mol. The number of carbonyl (C=O) groups excluding carboxylic acids is 5. The molecule has 0 aliphatic heterocycles. The molecule has 0 spiro atoms. The predicted octanol–water partition coefficient (Wildman–Crippen LogP) is -3.48. The predicted molar refractivity (Wildman–Crippen MR) is 123 cm³/mol. The topological polar surface area (TPSA) is 257 Å². The third-order valence-electron chi connectivity index (χ3n) is 4.67. The Balaban J connectivity index is 5.53. The Morgan fingerprint density at radius 2 is 1.21 bits per heavy atom. The zero-order valence-corrected chi connectivity index (χ0v) is 19.9. The minimum absolute atomic E-state index is 0.116. The van der Waals surface area contributed by atoms with Gasteiger partial charge in [0, 0.05) is 12.8 Å². The molecule has 0 rings (SSSR count). The number of nitrogens with one attached hydrogen (secondary N) is 3. The van der Waals surface area contributed by atoms with E-state index in [9.17, 15) is 39.0 Å². The van der Waals surface area contributed by atoms with Crippen molar-refractivity contribution in [2.75, 3.05) is 12.0 Å². The van der Waals surface area contributed by atoms with Gasteiger partial charge in [-0.25, -0.2) is 4.79 Å². The van der Waals surface area contributed by atoms with Crippen LogP contribution in [0.5, 0.6) is 0 Å². The van der Waals surface area contributed by atoms with Crippen molar-refractivity contribution in [2.45, 2.75) is 69.3 Å². The van der Waals surface area contributed by atoms with Gasteiger partial charge in [-0.3, -0.25) is 24.0 Å². The molecule has 0 aromatic rings. The molecule has 0 aliphatic carbocycles. The number of aliphatic hydroxyl groups excluding tert-OH is 1. The molecule has 0 saturated heterocycles. The van der Waals surface area contributed by atoms with Gasteiger partial charge in [-0.05, 0) is 38.2 Å². The van der Waals surface area contributed by atoms with Crippen molar-refractivity contribution in [1.82, 2.24) is 16.0 Å². The summed E-state index contributed by atoms with van der Waals surface area (Å²) >= 11 is 1.37. The third-order valence-corrected chi connectivity index (χ3v) is 5.32. The lowest BCUT2D eigenvalue weighted by atomic mass is 10.1. The minimum Gasteiger partial charge on any atom is -0.480 e. The lowest BCUT2D eigenvalue weighted by molar-refractivity contribution is -0.142. The number of carboxylic acid groups (broad SMARTS) is 1. The number of rotatable bonds is 17. The van der Waals surface area contributed by atoms with E-state index in [0.29, 0.717) is 5.75 Å². The monoisotopic (exact) mass is 506 g/mol. The van der Waals surface area contributed by atoms with Crippen molar-refractivity contribution in [3.63, 3.8) is 0 Å². The first-order valence-corrected chi connectivity index (χ1v) is 11.8. The summed E-state index contributed by atoms with van der Waals surface area (Å²) in [5.41, 5.74) is 15.7. The molecule has 0 bridgehead atoms. The number of aliphatic hydroxyl groups is 1. The van der Waals surface area contributed by atoms with Crippen molar-refractivity contribution in [3.05, 3.63) is 0 Å². The molecule has 194 valence electrons. The molecule has 0 fully saturated rings. The Morgan fingerprint density at radius 1 is 0.794 bits per heavy atom. The van der Waals surface area contributed by atoms with E-state index in [0.717, 1.165) is 0 Å². The van der Waals surface area contributed by atoms with E-state index < -0.39 is 65.8 Å². The highest BCUT2D eigenvalue weighted by Gasteiger charge is 2.31. The minimum atomic E-state index is -1.41. The van der Waals surface area contributed by atoms with Gasteiger partial charge in [-0.1, -0.05) is 0 Å². The fraction of sp³-hybridized carbons (Fsp3) is 0.684. The van der Waals surface area contributed by atoms with Crippen LogP contribution in [-0.4, -0.2) is 88.0 Å². The van der Waals surface area contributed by atoms with E-state index >= 15 is 0 Å². The van der Waals surface area contributed by atoms with Crippen LogP contribution in [-0.2, 0) is 28.8 Å². The van der Waals surface area contributed by atoms with Gasteiger partial charge in [0.1, 0.15) is 24.2 Å². The number of aliphatic carboxylic acids is 1. The number of hydrogen-bond donors (Lipinski definition) is 8. The number of thioether (sulfide) groups is 1. The van der Waals surface area contributed by atoms with Crippen molar-refractivity contribution in [3.8, 4) is 0 Å². The van der Waals surface area contributed by atoms with Crippen molar-refractivity contribution < 1.29 is 39.0 Å². The van der Waals surface area contributed by atoms with Gasteiger partial charge in [0.2, 0.25) is 29.5 Å². The first kappa shape index (κ1) is 31.1. The van der Waals surface area contributed by atoms with Gasteiger partial charge in [-0.15, -0.1) is 0 Å². The zero-order chi connectivity index (χ0) is 26.4. The second kappa shape index (κ2) is 15.8. The molecule has 0 aliphatic rings. The van der Waals surface area contributed by atoms with Crippen LogP contribution < -0.4 is 33.2 Å². The molecule has 14 nitrogen and oxygen atoms in total. The number of primary amides is 2. The molecule has 5 unspecified atom stereocenters. The van der Waals surface area contributed by atoms with Crippen LogP contribution >= 0.6 is 11.8 Å². The van der Waals surface area contributed by atoms with Crippen molar-refractivity contribution >= 4 is 47.3 Å². The van der Waals surface area contributed by atoms with Gasteiger partial charge in [0.25, 0.3) is 0 Å². The number of carbonyl (C=O) groups is 6. The van der Waals surface area contributed by atoms with Crippen molar-refractivity contribution in [2.24, 2.45) is 17.2 Å². The lowest BCUT2D eigenvalue weighted by Crippen LogP contribution is -2.58. The summed E-state index contributed by atoms with van der Waals surface area (Å²) in [7, 11) is 0. The van der Waals surface area contributed by atoms with Crippen LogP contribution in [0, 0.1) is 0 Å². The number of amides is 5. The van der Waals surface area contributed by atoms with Crippen LogP contribution in [0.15, 0.2) is 0 Å². The van der Waals surface area contributed by atoms with Crippen LogP contribution in [0.4, 0.5) is 0 Å². The zero-order valence-electron chi connectivity index (χ0n) is 19.1. The number of hydrogen-bond acceptors (Lipinski definition) is 9. The normalized spacial score (nSPS) is 15.2. The van der Waals surface area contributed by atoms with E-state index in [1.807, 2.05) is 0 Å². The summed E-state index contributed by atoms with van der Waals surface area (Å²) in [5.74, 6) is -4.95. The van der Waals surface area contributed by atoms with Crippen molar-refractivity contribution in [1.29, 1.82) is 0 Å². The highest BCUT2D eigenvalue weighted by Crippen LogP contribution is 2.06. The molecule has 0 aromatic carbocycles. The lowest BCUT2D eigenvalue weighted by Gasteiger charge is -2.25. The maximum atomic E-state index is 12.9. The maximum absolute atomic E-state index is 12.9. The first-order valence-electron chi connectivity index (χ1n) is 10.4. The Kier molecular flexibility index (Phi) is 14.5. The Labute approximate surface area is 201 Å². The quantitative estimate of drug-likeness (QED) is 0.0965. The molecule has 11 N–H and O–H groups in total. The summed E-state index contributed by atoms with van der Waals surface area (Å²) in [6, 6.07) is -5.25. The summed E-state index contributed by atoms with van der Waals surface area (Å²) in [5, 5.41) is 25.8. The first-order chi connectivity index (χ1) is 15.8. The molecule has 5 atom stereocenters. The molecule has 15 heteroatoms. The smallest absolute Gasteiger partial charge is 0.326 e. The number of carboxylic acids is 1. The second-order valence-electron chi connectivity index (χ2n) is 7.58. The van der Waals surface area contributed by atoms with E-state index in [1.165, 1.54) is 18.7 Å². The highest BCUT2D eigenvalue weighted by molar-refractivity contribution is 7.98. The van der Waals surface area contributed by atoms with E-state index in [4.69, 9.17) is 17.2 Å². The molecule has 0 heterocycles. The Hall–Kier alpha value is -2.91. The van der Waals surface area contributed by atoms with Gasteiger partial charge < -0.3 is 43.4 Å². The molecule has 5 amide bonds. The van der Waals surface area contributed by atoms with Gasteiger partial charge in [-0.2, -0.15) is 11.8 Å². The highest BCUT2D eigenvalue weighted by atomic mass is 32.2. The van der Waals surface area contributed by atoms with Gasteiger partial charge >= 0.3 is 5.97 Å². The fourth-order valence-corrected chi connectivity index (χ4v) is 3.11. The maximum Gasteiger partial charge on any atom is 0.326 e. The molecule has 34 heavy (non-hydrogen) atoms. The van der Waals surface area contributed by atoms with Crippen LogP contribution in [0.1, 0.15) is 39.0 Å². The third kappa shape index (κ3) is 12.4. The molecule has 0 radical (unpaired) electrons. The van der Waals surface area contributed by atoms with Crippen LogP contribution in [0.2, 0.25) is 0 Å². The van der Waals surface area contributed by atoms with E-state index in [2.05, 4.69) is 16.0 Å². The van der Waals surface area contributed by atoms with Crippen LogP contribution in [0.25, 0.3) is 0 Å². The Bertz CT molecular complexity index is 750. The fourth-order valence-electron chi connectivity index (χ4n) is 2.64. The van der Waals surface area contributed by atoms with E-state index in [-0.39, 0.29) is 32.1 Å². The van der Waals surface area contributed by atoms with Crippen LogP contribution in [0.3, 0.4) is 0 Å². The number of nitrogens with two attached hydrogens (primary N) is 3. The summed E-state index contributed by atoms with van der Waals surface area (Å²) < 4.78 is 0. The average Bonchev–Trinajstić information content (AvgIpc) is 2.74. The average molecular weight is 507 g/mol. The van der Waals surface area contributed by atoms with Gasteiger partial charge in [0.15, 0.2) is 0 Å². The van der Waals surface area contributed by atoms with Gasteiger partial charge in [0.05, 0.1) is 6.10 Å². The largest absolute Gasteiger partial charge is 0.480 e. The summed E-state index contributed by atoms with van der Waals surface area (Å²) in [6.07, 6.45) is -0.321. The van der Waals surface area contributed by atoms with E-state index in [1.54, 1.807) is 6.26 Å². The standard InChI is InChI=1S/C19H34N6O8S/c1-9(26)15(22)18(31)24-10(3-5-13(20)27)16(29)23-11(7-8-34-2)17(30)25-12(19(32)33)4-6-14(21)28/h9-12,15,26H,3-8,22H2,1-2H3,(H2,20,27)(H2,21,28)(H,23,29)(H,24,31)(H,25,30)(H,32,33). The molecule has 0 saturated carbocycles. The summed E-state index contributed by atoms with van der Waals surface area (Å²) in [4.78, 5) is 71.3. The Morgan fingerprint density at radius 3 is 1.62 bits per heavy atom.